The highest BCUT2D eigenvalue weighted by Gasteiger charge is 2.20. The summed E-state index contributed by atoms with van der Waals surface area (Å²) in [5.41, 5.74) is 5.72. The minimum absolute atomic E-state index is 0.0363. The van der Waals surface area contributed by atoms with Crippen LogP contribution in [0.4, 0.5) is 0 Å². The molecule has 5 nitrogen and oxygen atoms in total. The minimum Gasteiger partial charge on any atom is -0.481 e. The molecule has 0 rings (SSSR count). The number of aliphatic carboxylic acids is 1. The molecule has 0 unspecified atom stereocenters. The van der Waals surface area contributed by atoms with Crippen molar-refractivity contribution in [3.63, 3.8) is 0 Å². The van der Waals surface area contributed by atoms with Gasteiger partial charge in [0.25, 0.3) is 0 Å². The largest absolute Gasteiger partial charge is 0.481 e. The zero-order valence-corrected chi connectivity index (χ0v) is 11.8. The van der Waals surface area contributed by atoms with Gasteiger partial charge in [0, 0.05) is 13.0 Å². The van der Waals surface area contributed by atoms with Gasteiger partial charge in [0.1, 0.15) is 0 Å². The number of carboxylic acid groups (broad SMARTS) is 1. The van der Waals surface area contributed by atoms with Crippen LogP contribution >= 0.6 is 0 Å². The van der Waals surface area contributed by atoms with E-state index >= 15 is 0 Å². The van der Waals surface area contributed by atoms with Gasteiger partial charge in [-0.1, -0.05) is 27.7 Å². The Morgan fingerprint density at radius 1 is 1.22 bits per heavy atom. The number of nitrogens with one attached hydrogen (secondary N) is 1. The van der Waals surface area contributed by atoms with E-state index in [1.54, 1.807) is 0 Å². The predicted octanol–water partition coefficient (Wildman–Crippen LogP) is 1.22. The first kappa shape index (κ1) is 16.9. The number of amides is 1. The average molecular weight is 258 g/mol. The van der Waals surface area contributed by atoms with Gasteiger partial charge in [-0.05, 0) is 24.2 Å². The van der Waals surface area contributed by atoms with E-state index in [2.05, 4.69) is 5.32 Å². The van der Waals surface area contributed by atoms with Crippen molar-refractivity contribution in [3.05, 3.63) is 0 Å². The molecule has 0 fully saturated rings. The summed E-state index contributed by atoms with van der Waals surface area (Å²) in [4.78, 5) is 22.4. The summed E-state index contributed by atoms with van der Waals surface area (Å²) in [6.45, 7) is 8.22. The van der Waals surface area contributed by atoms with Crippen LogP contribution in [0.15, 0.2) is 0 Å². The lowest BCUT2D eigenvalue weighted by atomic mass is 9.94. The van der Waals surface area contributed by atoms with Crippen molar-refractivity contribution in [1.29, 1.82) is 0 Å². The third-order valence-corrected chi connectivity index (χ3v) is 2.85. The maximum atomic E-state index is 11.7. The Balaban J connectivity index is 4.24. The molecule has 1 amide bonds. The first-order valence-corrected chi connectivity index (χ1v) is 6.49. The second kappa shape index (κ2) is 8.08. The van der Waals surface area contributed by atoms with E-state index in [0.29, 0.717) is 12.5 Å². The summed E-state index contributed by atoms with van der Waals surface area (Å²) in [6, 6.07) is -0.533. The maximum Gasteiger partial charge on any atom is 0.303 e. The molecule has 0 aliphatic heterocycles. The molecule has 2 atom stereocenters. The summed E-state index contributed by atoms with van der Waals surface area (Å²) < 4.78 is 0. The van der Waals surface area contributed by atoms with Crippen LogP contribution in [0.5, 0.6) is 0 Å². The number of carbonyl (C=O) groups excluding carboxylic acids is 1. The van der Waals surface area contributed by atoms with Crippen molar-refractivity contribution in [2.75, 3.05) is 6.54 Å². The molecular weight excluding hydrogens is 232 g/mol. The van der Waals surface area contributed by atoms with Gasteiger partial charge in [0.2, 0.25) is 5.91 Å². The molecule has 0 aliphatic rings. The molecule has 0 heterocycles. The lowest BCUT2D eigenvalue weighted by molar-refractivity contribution is -0.138. The number of hydrogen-bond acceptors (Lipinski definition) is 3. The summed E-state index contributed by atoms with van der Waals surface area (Å²) in [6.07, 6.45) is 0.860. The number of carboxylic acids is 1. The highest BCUT2D eigenvalue weighted by atomic mass is 16.4. The molecule has 0 aromatic heterocycles. The second-order valence-corrected chi connectivity index (χ2v) is 5.61. The minimum atomic E-state index is -0.831. The van der Waals surface area contributed by atoms with Crippen molar-refractivity contribution in [1.82, 2.24) is 5.32 Å². The summed E-state index contributed by atoms with van der Waals surface area (Å²) in [7, 11) is 0. The van der Waals surface area contributed by atoms with Gasteiger partial charge in [-0.3, -0.25) is 9.59 Å². The molecule has 0 aromatic rings. The number of carbonyl (C=O) groups is 2. The Bertz CT molecular complexity index is 277. The Kier molecular flexibility index (Phi) is 7.59. The highest BCUT2D eigenvalue weighted by molar-refractivity contribution is 5.81. The van der Waals surface area contributed by atoms with Gasteiger partial charge in [0.05, 0.1) is 6.04 Å². The van der Waals surface area contributed by atoms with Gasteiger partial charge >= 0.3 is 5.97 Å². The van der Waals surface area contributed by atoms with Crippen LogP contribution in [-0.2, 0) is 9.59 Å². The van der Waals surface area contributed by atoms with Crippen LogP contribution < -0.4 is 11.1 Å². The highest BCUT2D eigenvalue weighted by Crippen LogP contribution is 2.14. The lowest BCUT2D eigenvalue weighted by Crippen LogP contribution is -2.45. The molecule has 106 valence electrons. The third-order valence-electron chi connectivity index (χ3n) is 2.85. The van der Waals surface area contributed by atoms with Crippen LogP contribution in [0.1, 0.15) is 40.5 Å². The molecule has 18 heavy (non-hydrogen) atoms. The van der Waals surface area contributed by atoms with E-state index in [1.807, 2.05) is 27.7 Å². The molecule has 0 saturated carbocycles. The van der Waals surface area contributed by atoms with Crippen molar-refractivity contribution < 1.29 is 14.7 Å². The van der Waals surface area contributed by atoms with E-state index in [-0.39, 0.29) is 24.2 Å². The zero-order valence-electron chi connectivity index (χ0n) is 11.8. The van der Waals surface area contributed by atoms with Crippen molar-refractivity contribution in [2.24, 2.45) is 23.5 Å². The van der Waals surface area contributed by atoms with Crippen molar-refractivity contribution in [2.45, 2.75) is 46.6 Å². The molecule has 4 N–H and O–H groups in total. The van der Waals surface area contributed by atoms with Gasteiger partial charge in [0.15, 0.2) is 0 Å². The summed E-state index contributed by atoms with van der Waals surface area (Å²) in [5, 5.41) is 11.6. The lowest BCUT2D eigenvalue weighted by Gasteiger charge is -2.20. The monoisotopic (exact) mass is 258 g/mol. The van der Waals surface area contributed by atoms with E-state index in [9.17, 15) is 9.59 Å². The standard InChI is InChI=1S/C13H26N2O3/c1-8(2)5-10(6-11(16)17)7-15-13(18)12(14)9(3)4/h8-10,12H,5-7,14H2,1-4H3,(H,15,18)(H,16,17)/t10-,12+/m1/s1. The number of nitrogens with two attached hydrogens (primary N) is 1. The van der Waals surface area contributed by atoms with Crippen molar-refractivity contribution in [3.8, 4) is 0 Å². The van der Waals surface area contributed by atoms with Crippen LogP contribution in [0.3, 0.4) is 0 Å². The van der Waals surface area contributed by atoms with E-state index in [4.69, 9.17) is 10.8 Å². The first-order chi connectivity index (χ1) is 8.23. The quantitative estimate of drug-likeness (QED) is 0.610. The van der Waals surface area contributed by atoms with E-state index in [0.717, 1.165) is 6.42 Å². The molecular formula is C13H26N2O3. The zero-order chi connectivity index (χ0) is 14.3. The molecule has 0 aromatic carbocycles. The normalized spacial score (nSPS) is 14.6. The van der Waals surface area contributed by atoms with E-state index in [1.165, 1.54) is 0 Å². The third kappa shape index (κ3) is 7.27. The number of rotatable bonds is 8. The van der Waals surface area contributed by atoms with Crippen LogP contribution in [0.25, 0.3) is 0 Å². The predicted molar refractivity (Wildman–Crippen MR) is 71.0 cm³/mol. The fourth-order valence-electron chi connectivity index (χ4n) is 1.82. The van der Waals surface area contributed by atoms with Gasteiger partial charge in [-0.25, -0.2) is 0 Å². The van der Waals surface area contributed by atoms with Gasteiger partial charge < -0.3 is 16.2 Å². The summed E-state index contributed by atoms with van der Waals surface area (Å²) >= 11 is 0. The molecule has 0 saturated heterocycles. The fraction of sp³-hybridized carbons (Fsp3) is 0.846. The molecule has 5 heteroatoms. The number of hydrogen-bond donors (Lipinski definition) is 3. The SMILES string of the molecule is CC(C)C[C@@H](CNC(=O)[C@@H](N)C(C)C)CC(=O)O. The fourth-order valence-corrected chi connectivity index (χ4v) is 1.82. The Labute approximate surface area is 109 Å². The van der Waals surface area contributed by atoms with Crippen LogP contribution in [-0.4, -0.2) is 29.6 Å². The van der Waals surface area contributed by atoms with Crippen molar-refractivity contribution >= 4 is 11.9 Å². The topological polar surface area (TPSA) is 92.4 Å². The van der Waals surface area contributed by atoms with E-state index < -0.39 is 12.0 Å². The van der Waals surface area contributed by atoms with Gasteiger partial charge in [-0.2, -0.15) is 0 Å². The van der Waals surface area contributed by atoms with Gasteiger partial charge in [-0.15, -0.1) is 0 Å². The Morgan fingerprint density at radius 3 is 2.17 bits per heavy atom. The molecule has 0 spiro atoms. The molecule has 0 bridgehead atoms. The summed E-state index contributed by atoms with van der Waals surface area (Å²) in [5.74, 6) is -0.587. The first-order valence-electron chi connectivity index (χ1n) is 6.49. The van der Waals surface area contributed by atoms with Crippen LogP contribution in [0.2, 0.25) is 0 Å². The Hall–Kier alpha value is -1.10. The second-order valence-electron chi connectivity index (χ2n) is 5.61. The molecule has 0 aliphatic carbocycles. The maximum absolute atomic E-state index is 11.7. The Morgan fingerprint density at radius 2 is 1.78 bits per heavy atom. The van der Waals surface area contributed by atoms with Crippen LogP contribution in [0, 0.1) is 17.8 Å². The smallest absolute Gasteiger partial charge is 0.303 e. The average Bonchev–Trinajstić information content (AvgIpc) is 2.22. The molecule has 0 radical (unpaired) electrons.